The third-order valence-electron chi connectivity index (χ3n) is 10.7. The minimum absolute atomic E-state index is 1.16. The Balaban J connectivity index is 1.47. The molecule has 0 aromatic carbocycles. The average molecular weight is 373 g/mol. The van der Waals surface area contributed by atoms with E-state index in [0.29, 0.717) is 0 Å². The third kappa shape index (κ3) is 2.98. The van der Waals surface area contributed by atoms with E-state index in [-0.39, 0.29) is 0 Å². The van der Waals surface area contributed by atoms with Gasteiger partial charge in [0.05, 0.1) is 8.07 Å². The van der Waals surface area contributed by atoms with Crippen molar-refractivity contribution in [2.24, 2.45) is 23.7 Å². The van der Waals surface area contributed by atoms with Crippen LogP contribution in [0, 0.1) is 23.7 Å². The SMILES string of the molecule is C[Si](C1CCCCC1)(C1CCC2CCCCC21)[C@H]1CCC2CCCCC21. The molecule has 0 N–H and O–H groups in total. The molecule has 5 rings (SSSR count). The van der Waals surface area contributed by atoms with Crippen molar-refractivity contribution in [2.45, 2.75) is 132 Å². The van der Waals surface area contributed by atoms with Crippen LogP contribution in [0.15, 0.2) is 0 Å². The van der Waals surface area contributed by atoms with Gasteiger partial charge in [-0.25, -0.2) is 0 Å². The van der Waals surface area contributed by atoms with Crippen LogP contribution >= 0.6 is 0 Å². The van der Waals surface area contributed by atoms with Crippen LogP contribution in [0.25, 0.3) is 0 Å². The lowest BCUT2D eigenvalue weighted by Gasteiger charge is -2.52. The van der Waals surface area contributed by atoms with Crippen molar-refractivity contribution < 1.29 is 0 Å². The van der Waals surface area contributed by atoms with Gasteiger partial charge in [0.25, 0.3) is 0 Å². The summed E-state index contributed by atoms with van der Waals surface area (Å²) in [5.41, 5.74) is 3.69. The van der Waals surface area contributed by atoms with Gasteiger partial charge in [-0.1, -0.05) is 116 Å². The first-order chi connectivity index (χ1) is 12.8. The van der Waals surface area contributed by atoms with Gasteiger partial charge < -0.3 is 0 Å². The van der Waals surface area contributed by atoms with Gasteiger partial charge in [-0.05, 0) is 40.3 Å². The second-order valence-electron chi connectivity index (χ2n) is 11.5. The van der Waals surface area contributed by atoms with Crippen LogP contribution in [-0.4, -0.2) is 8.07 Å². The largest absolute Gasteiger partial charge is 0.0685 e. The fourth-order valence-electron chi connectivity index (χ4n) is 9.61. The van der Waals surface area contributed by atoms with E-state index >= 15 is 0 Å². The quantitative estimate of drug-likeness (QED) is 0.437. The topological polar surface area (TPSA) is 0 Å². The van der Waals surface area contributed by atoms with Gasteiger partial charge >= 0.3 is 0 Å². The van der Waals surface area contributed by atoms with Crippen molar-refractivity contribution in [1.29, 1.82) is 0 Å². The van der Waals surface area contributed by atoms with Gasteiger partial charge in [-0.3, -0.25) is 0 Å². The predicted octanol–water partition coefficient (Wildman–Crippen LogP) is 8.34. The minimum Gasteiger partial charge on any atom is -0.0685 e. The monoisotopic (exact) mass is 372 g/mol. The van der Waals surface area contributed by atoms with Crippen molar-refractivity contribution in [3.05, 3.63) is 0 Å². The summed E-state index contributed by atoms with van der Waals surface area (Å²) in [7, 11) is -1.20. The van der Waals surface area contributed by atoms with Crippen LogP contribution < -0.4 is 0 Å². The molecular formula is C25H44Si. The minimum atomic E-state index is -1.20. The second kappa shape index (κ2) is 7.56. The maximum atomic E-state index is 3.02. The number of hydrogen-bond donors (Lipinski definition) is 0. The van der Waals surface area contributed by atoms with Gasteiger partial charge in [0.2, 0.25) is 0 Å². The summed E-state index contributed by atoms with van der Waals surface area (Å²) in [5.74, 6) is 4.69. The molecular weight excluding hydrogens is 328 g/mol. The molecule has 0 spiro atoms. The molecule has 7 atom stereocenters. The van der Waals surface area contributed by atoms with Crippen molar-refractivity contribution in [3.63, 3.8) is 0 Å². The van der Waals surface area contributed by atoms with Gasteiger partial charge in [0.15, 0.2) is 0 Å². The fraction of sp³-hybridized carbons (Fsp3) is 1.00. The first-order valence-corrected chi connectivity index (χ1v) is 15.5. The Kier molecular flexibility index (Phi) is 5.31. The molecule has 5 saturated carbocycles. The summed E-state index contributed by atoms with van der Waals surface area (Å²) in [5, 5.41) is 0. The molecule has 0 bridgehead atoms. The molecule has 0 nitrogen and oxygen atoms in total. The predicted molar refractivity (Wildman–Crippen MR) is 115 cm³/mol. The zero-order chi connectivity index (χ0) is 17.6. The van der Waals surface area contributed by atoms with E-state index in [4.69, 9.17) is 0 Å². The fourth-order valence-corrected chi connectivity index (χ4v) is 17.3. The van der Waals surface area contributed by atoms with Crippen molar-refractivity contribution in [3.8, 4) is 0 Å². The van der Waals surface area contributed by atoms with E-state index in [9.17, 15) is 0 Å². The summed E-state index contributed by atoms with van der Waals surface area (Å²) in [6, 6.07) is 0. The Morgan fingerprint density at radius 1 is 0.462 bits per heavy atom. The van der Waals surface area contributed by atoms with E-state index in [1.54, 1.807) is 109 Å². The lowest BCUT2D eigenvalue weighted by Crippen LogP contribution is -2.50. The van der Waals surface area contributed by atoms with Gasteiger partial charge in [-0.2, -0.15) is 0 Å². The Bertz CT molecular complexity index is 447. The molecule has 6 unspecified atom stereocenters. The molecule has 1 heteroatoms. The van der Waals surface area contributed by atoms with Crippen LogP contribution in [0.5, 0.6) is 0 Å². The zero-order valence-corrected chi connectivity index (χ0v) is 18.6. The molecule has 0 saturated heterocycles. The molecule has 26 heavy (non-hydrogen) atoms. The first kappa shape index (κ1) is 18.3. The molecule has 0 heterocycles. The highest BCUT2D eigenvalue weighted by molar-refractivity contribution is 6.83. The van der Waals surface area contributed by atoms with Crippen molar-refractivity contribution in [2.75, 3.05) is 0 Å². The summed E-state index contributed by atoms with van der Waals surface area (Å²) in [6.07, 6.45) is 27.3. The van der Waals surface area contributed by atoms with E-state index < -0.39 is 8.07 Å². The Labute approximate surface area is 164 Å². The molecule has 0 aromatic heterocycles. The van der Waals surface area contributed by atoms with Gasteiger partial charge in [-0.15, -0.1) is 0 Å². The second-order valence-corrected chi connectivity index (χ2v) is 16.5. The molecule has 5 fully saturated rings. The Morgan fingerprint density at radius 2 is 0.923 bits per heavy atom. The van der Waals surface area contributed by atoms with E-state index in [2.05, 4.69) is 6.55 Å². The van der Waals surface area contributed by atoms with Crippen LogP contribution in [0.4, 0.5) is 0 Å². The average Bonchev–Trinajstić information content (AvgIpc) is 3.33. The highest BCUT2D eigenvalue weighted by atomic mass is 28.3. The molecule has 5 aliphatic rings. The maximum absolute atomic E-state index is 3.02. The maximum Gasteiger partial charge on any atom is 0.0603 e. The van der Waals surface area contributed by atoms with Crippen LogP contribution in [0.3, 0.4) is 0 Å². The van der Waals surface area contributed by atoms with E-state index in [1.807, 2.05) is 0 Å². The van der Waals surface area contributed by atoms with Crippen molar-refractivity contribution in [1.82, 2.24) is 0 Å². The zero-order valence-electron chi connectivity index (χ0n) is 17.6. The number of rotatable bonds is 3. The lowest BCUT2D eigenvalue weighted by molar-refractivity contribution is 0.259. The number of fused-ring (bicyclic) bond motifs is 2. The molecule has 0 amide bonds. The highest BCUT2D eigenvalue weighted by Gasteiger charge is 2.58. The summed E-state index contributed by atoms with van der Waals surface area (Å²) in [6.45, 7) is 3.02. The van der Waals surface area contributed by atoms with Crippen LogP contribution in [0.1, 0.15) is 109 Å². The third-order valence-corrected chi connectivity index (χ3v) is 17.7. The number of hydrogen-bond acceptors (Lipinski definition) is 0. The summed E-state index contributed by atoms with van der Waals surface area (Å²) >= 11 is 0. The molecule has 0 aromatic rings. The van der Waals surface area contributed by atoms with Gasteiger partial charge in [0, 0.05) is 0 Å². The normalized spacial score (nSPS) is 46.5. The van der Waals surface area contributed by atoms with E-state index in [0.717, 1.165) is 11.8 Å². The van der Waals surface area contributed by atoms with Crippen LogP contribution in [-0.2, 0) is 0 Å². The smallest absolute Gasteiger partial charge is 0.0603 e. The van der Waals surface area contributed by atoms with Crippen molar-refractivity contribution >= 4 is 8.07 Å². The molecule has 5 aliphatic carbocycles. The molecule has 0 radical (unpaired) electrons. The summed E-state index contributed by atoms with van der Waals surface area (Å²) in [4.78, 5) is 0. The highest BCUT2D eigenvalue weighted by Crippen LogP contribution is 2.65. The van der Waals surface area contributed by atoms with E-state index in [1.165, 1.54) is 28.5 Å². The molecule has 148 valence electrons. The van der Waals surface area contributed by atoms with Gasteiger partial charge in [0.1, 0.15) is 0 Å². The lowest BCUT2D eigenvalue weighted by atomic mass is 9.81. The Hall–Kier alpha value is 0.217. The standard InChI is InChI=1S/C25H44Si/c1-26(21-11-3-2-4-12-21,24-17-15-19-9-5-7-13-22(19)24)25-18-16-20-10-6-8-14-23(20)25/h19-25H,2-18H2,1H3/t19?,20?,22?,23?,24-,25?,26?/m0/s1. The van der Waals surface area contributed by atoms with Crippen LogP contribution in [0.2, 0.25) is 23.2 Å². The summed E-state index contributed by atoms with van der Waals surface area (Å²) < 4.78 is 0. The first-order valence-electron chi connectivity index (χ1n) is 12.8. The molecule has 0 aliphatic heterocycles. The Morgan fingerprint density at radius 3 is 1.46 bits per heavy atom.